The van der Waals surface area contributed by atoms with Gasteiger partial charge in [0.1, 0.15) is 0 Å². The number of hydrogen-bond acceptors (Lipinski definition) is 6. The van der Waals surface area contributed by atoms with Crippen LogP contribution >= 0.6 is 0 Å². The van der Waals surface area contributed by atoms with Crippen molar-refractivity contribution in [2.45, 2.75) is 20.8 Å². The van der Waals surface area contributed by atoms with Gasteiger partial charge >= 0.3 is 5.97 Å². The Morgan fingerprint density at radius 1 is 1.05 bits per heavy atom. The van der Waals surface area contributed by atoms with Crippen molar-refractivity contribution in [3.63, 3.8) is 0 Å². The second-order valence-corrected chi connectivity index (χ2v) is 3.97. The van der Waals surface area contributed by atoms with Gasteiger partial charge in [-0.2, -0.15) is 5.06 Å². The molecule has 7 heteroatoms. The molecule has 1 rings (SSSR count). The van der Waals surface area contributed by atoms with E-state index in [4.69, 9.17) is 4.74 Å². The fourth-order valence-corrected chi connectivity index (χ4v) is 1.49. The molecule has 0 saturated carbocycles. The van der Waals surface area contributed by atoms with Gasteiger partial charge in [-0.05, 0) is 19.1 Å². The van der Waals surface area contributed by atoms with Crippen molar-refractivity contribution in [1.29, 1.82) is 0 Å². The van der Waals surface area contributed by atoms with Crippen LogP contribution in [0.5, 0.6) is 5.75 Å². The zero-order valence-electron chi connectivity index (χ0n) is 11.2. The Balaban J connectivity index is 3.42. The number of ketones is 1. The molecule has 0 aromatic heterocycles. The topological polar surface area (TPSA) is 101 Å². The van der Waals surface area contributed by atoms with Gasteiger partial charge in [0.05, 0.1) is 11.1 Å². The summed E-state index contributed by atoms with van der Waals surface area (Å²) in [6.07, 6.45) is 0. The maximum atomic E-state index is 11.9. The third-order valence-electron chi connectivity index (χ3n) is 2.36. The molecule has 20 heavy (non-hydrogen) atoms. The molecule has 0 aliphatic carbocycles. The van der Waals surface area contributed by atoms with E-state index >= 15 is 0 Å². The number of carbonyl (C=O) groups excluding carboxylic acids is 4. The number of benzene rings is 1. The molecule has 1 N–H and O–H groups in total. The Hall–Kier alpha value is -2.54. The van der Waals surface area contributed by atoms with E-state index in [1.165, 1.54) is 25.1 Å². The highest BCUT2D eigenvalue weighted by Crippen LogP contribution is 2.26. The van der Waals surface area contributed by atoms with E-state index < -0.39 is 23.6 Å². The minimum Gasteiger partial charge on any atom is -0.425 e. The molecule has 1 aromatic carbocycles. The number of Topliss-reactive ketones (excluding diaryl/α,β-unsaturated/α-hetero) is 1. The minimum atomic E-state index is -1.09. The third kappa shape index (κ3) is 3.27. The van der Waals surface area contributed by atoms with E-state index in [1.54, 1.807) is 0 Å². The fourth-order valence-electron chi connectivity index (χ4n) is 1.49. The Labute approximate surface area is 114 Å². The number of ether oxygens (including phenoxy) is 1. The average Bonchev–Trinajstić information content (AvgIpc) is 2.36. The first kappa shape index (κ1) is 15.5. The van der Waals surface area contributed by atoms with E-state index in [0.717, 1.165) is 13.8 Å². The molecule has 0 heterocycles. The number of amides is 2. The number of nitrogens with zero attached hydrogens (tertiary/aromatic N) is 1. The number of para-hydroxylation sites is 1. The summed E-state index contributed by atoms with van der Waals surface area (Å²) in [5.41, 5.74) is -0.256. The van der Waals surface area contributed by atoms with Crippen molar-refractivity contribution >= 4 is 23.6 Å². The molecule has 0 aliphatic rings. The van der Waals surface area contributed by atoms with Gasteiger partial charge in [-0.15, -0.1) is 0 Å². The molecule has 0 fully saturated rings. The minimum absolute atomic E-state index is 0.00278. The molecule has 0 saturated heterocycles. The Morgan fingerprint density at radius 2 is 1.60 bits per heavy atom. The van der Waals surface area contributed by atoms with E-state index in [2.05, 4.69) is 0 Å². The number of hydrogen-bond donors (Lipinski definition) is 1. The summed E-state index contributed by atoms with van der Waals surface area (Å²) in [6.45, 7) is 3.32. The quantitative estimate of drug-likeness (QED) is 0.293. The predicted octanol–water partition coefficient (Wildman–Crippen LogP) is 1.19. The highest BCUT2D eigenvalue weighted by molar-refractivity contribution is 6.08. The van der Waals surface area contributed by atoms with Gasteiger partial charge in [-0.25, -0.2) is 0 Å². The summed E-state index contributed by atoms with van der Waals surface area (Å²) in [5.74, 6) is -3.44. The van der Waals surface area contributed by atoms with Gasteiger partial charge < -0.3 is 4.74 Å². The number of hydroxylamine groups is 2. The molecule has 0 unspecified atom stereocenters. The van der Waals surface area contributed by atoms with E-state index in [1.807, 2.05) is 0 Å². The largest absolute Gasteiger partial charge is 0.425 e. The van der Waals surface area contributed by atoms with Crippen LogP contribution in [0, 0.1) is 0 Å². The van der Waals surface area contributed by atoms with Crippen molar-refractivity contribution in [1.82, 2.24) is 5.06 Å². The summed E-state index contributed by atoms with van der Waals surface area (Å²) < 4.78 is 4.86. The van der Waals surface area contributed by atoms with Crippen LogP contribution in [-0.2, 0) is 9.59 Å². The van der Waals surface area contributed by atoms with Crippen molar-refractivity contribution in [2.24, 2.45) is 0 Å². The van der Waals surface area contributed by atoms with Crippen LogP contribution < -0.4 is 4.74 Å². The molecule has 0 radical (unpaired) electrons. The van der Waals surface area contributed by atoms with Crippen LogP contribution in [0.2, 0.25) is 0 Å². The van der Waals surface area contributed by atoms with Crippen LogP contribution in [0.1, 0.15) is 41.5 Å². The highest BCUT2D eigenvalue weighted by Gasteiger charge is 2.25. The average molecular weight is 279 g/mol. The molecule has 0 atom stereocenters. The van der Waals surface area contributed by atoms with Gasteiger partial charge in [0, 0.05) is 13.8 Å². The van der Waals surface area contributed by atoms with Crippen molar-refractivity contribution in [3.8, 4) is 5.75 Å². The van der Waals surface area contributed by atoms with Gasteiger partial charge in [0.15, 0.2) is 11.5 Å². The zero-order valence-corrected chi connectivity index (χ0v) is 11.2. The SMILES string of the molecule is CC(=O)Oc1c(C(C)=O)cccc1C(=O)N(O)C(C)=O. The first-order valence-electron chi connectivity index (χ1n) is 5.62. The van der Waals surface area contributed by atoms with Crippen molar-refractivity contribution < 1.29 is 29.1 Å². The predicted molar refractivity (Wildman–Crippen MR) is 66.4 cm³/mol. The van der Waals surface area contributed by atoms with Crippen LogP contribution in [0.25, 0.3) is 0 Å². The molecular formula is C13H13NO6. The number of carbonyl (C=O) groups is 4. The summed E-state index contributed by atoms with van der Waals surface area (Å²) in [4.78, 5) is 45.5. The van der Waals surface area contributed by atoms with Gasteiger partial charge in [-0.3, -0.25) is 24.4 Å². The third-order valence-corrected chi connectivity index (χ3v) is 2.36. The zero-order chi connectivity index (χ0) is 15.4. The smallest absolute Gasteiger partial charge is 0.308 e. The molecule has 0 bridgehead atoms. The highest BCUT2D eigenvalue weighted by atomic mass is 16.5. The van der Waals surface area contributed by atoms with Crippen molar-refractivity contribution in [3.05, 3.63) is 29.3 Å². The first-order valence-corrected chi connectivity index (χ1v) is 5.62. The molecule has 0 spiro atoms. The van der Waals surface area contributed by atoms with Gasteiger partial charge in [0.2, 0.25) is 5.91 Å². The fraction of sp³-hybridized carbons (Fsp3) is 0.231. The lowest BCUT2D eigenvalue weighted by Gasteiger charge is -2.15. The normalized spacial score (nSPS) is 9.80. The lowest BCUT2D eigenvalue weighted by atomic mass is 10.1. The Morgan fingerprint density at radius 3 is 2.05 bits per heavy atom. The van der Waals surface area contributed by atoms with Gasteiger partial charge in [0.25, 0.3) is 5.91 Å². The molecule has 7 nitrogen and oxygen atoms in total. The van der Waals surface area contributed by atoms with E-state index in [0.29, 0.717) is 0 Å². The molecule has 1 aromatic rings. The monoisotopic (exact) mass is 279 g/mol. The number of esters is 1. The van der Waals surface area contributed by atoms with Crippen LogP contribution in [0.15, 0.2) is 18.2 Å². The van der Waals surface area contributed by atoms with E-state index in [-0.39, 0.29) is 21.9 Å². The molecular weight excluding hydrogens is 266 g/mol. The van der Waals surface area contributed by atoms with Crippen LogP contribution in [0.3, 0.4) is 0 Å². The van der Waals surface area contributed by atoms with Crippen LogP contribution in [0.4, 0.5) is 0 Å². The van der Waals surface area contributed by atoms with E-state index in [9.17, 15) is 24.4 Å². The number of rotatable bonds is 3. The maximum absolute atomic E-state index is 11.9. The second-order valence-electron chi connectivity index (χ2n) is 3.97. The summed E-state index contributed by atoms with van der Waals surface area (Å²) in [7, 11) is 0. The Kier molecular flexibility index (Phi) is 4.71. The molecule has 0 aliphatic heterocycles. The van der Waals surface area contributed by atoms with Crippen LogP contribution in [-0.4, -0.2) is 33.8 Å². The second kappa shape index (κ2) is 6.07. The Bertz CT molecular complexity index is 593. The summed E-state index contributed by atoms with van der Waals surface area (Å²) in [5, 5.41) is 9.23. The summed E-state index contributed by atoms with van der Waals surface area (Å²) in [6, 6.07) is 3.98. The lowest BCUT2D eigenvalue weighted by molar-refractivity contribution is -0.151. The molecule has 2 amide bonds. The first-order chi connectivity index (χ1) is 9.25. The lowest BCUT2D eigenvalue weighted by Crippen LogP contribution is -2.32. The van der Waals surface area contributed by atoms with Crippen molar-refractivity contribution in [2.75, 3.05) is 0 Å². The number of imide groups is 1. The summed E-state index contributed by atoms with van der Waals surface area (Å²) >= 11 is 0. The van der Waals surface area contributed by atoms with Gasteiger partial charge in [-0.1, -0.05) is 6.07 Å². The maximum Gasteiger partial charge on any atom is 0.308 e. The molecule has 106 valence electrons. The standard InChI is InChI=1S/C13H13NO6/c1-7(15)10-5-4-6-11(12(10)20-9(3)17)13(18)14(19)8(2)16/h4-6,19H,1-3H3.